The van der Waals surface area contributed by atoms with E-state index in [1.54, 1.807) is 17.1 Å². The van der Waals surface area contributed by atoms with Gasteiger partial charge in [0.25, 0.3) is 0 Å². The number of nitrogens with zero attached hydrogens (tertiary/aromatic N) is 1. The van der Waals surface area contributed by atoms with Crippen LogP contribution in [0.1, 0.15) is 15.2 Å². The van der Waals surface area contributed by atoms with Gasteiger partial charge in [-0.2, -0.15) is 16.1 Å². The molecule has 0 radical (unpaired) electrons. The lowest BCUT2D eigenvalue weighted by atomic mass is 10.2. The molecular formula is C18H21NO5S3. The predicted molar refractivity (Wildman–Crippen MR) is 107 cm³/mol. The molecule has 0 amide bonds. The van der Waals surface area contributed by atoms with E-state index in [2.05, 4.69) is 0 Å². The highest BCUT2D eigenvalue weighted by Crippen LogP contribution is 2.27. The molecule has 0 spiro atoms. The highest BCUT2D eigenvalue weighted by molar-refractivity contribution is 7.99. The molecule has 2 heterocycles. The Labute approximate surface area is 167 Å². The Balaban J connectivity index is 1.58. The summed E-state index contributed by atoms with van der Waals surface area (Å²) in [5, 5.41) is 1.60. The summed E-state index contributed by atoms with van der Waals surface area (Å²) in [6.45, 7) is 3.13. The first-order chi connectivity index (χ1) is 13.0. The lowest BCUT2D eigenvalue weighted by Gasteiger charge is -2.25. The number of hydrogen-bond donors (Lipinski definition) is 0. The van der Waals surface area contributed by atoms with Crippen molar-refractivity contribution in [1.82, 2.24) is 4.31 Å². The number of thiophene rings is 1. The molecule has 1 aliphatic rings. The molecule has 1 aromatic carbocycles. The molecule has 6 nitrogen and oxygen atoms in total. The van der Waals surface area contributed by atoms with E-state index in [1.165, 1.54) is 10.4 Å². The van der Waals surface area contributed by atoms with Gasteiger partial charge in [0, 0.05) is 24.6 Å². The first kappa shape index (κ1) is 20.2. The summed E-state index contributed by atoms with van der Waals surface area (Å²) < 4.78 is 37.8. The number of carbonyl (C=O) groups excluding carboxylic acids is 1. The fourth-order valence-electron chi connectivity index (χ4n) is 2.64. The number of aryl methyl sites for hydroxylation is 1. The highest BCUT2D eigenvalue weighted by Gasteiger charge is 2.31. The second-order valence-electron chi connectivity index (χ2n) is 5.93. The summed E-state index contributed by atoms with van der Waals surface area (Å²) in [5.74, 6) is 1.59. The lowest BCUT2D eigenvalue weighted by Crippen LogP contribution is -2.38. The van der Waals surface area contributed by atoms with Gasteiger partial charge in [-0.25, -0.2) is 13.2 Å². The largest absolute Gasteiger partial charge is 0.490 e. The maximum absolute atomic E-state index is 12.8. The zero-order valence-electron chi connectivity index (χ0n) is 14.9. The third kappa shape index (κ3) is 5.04. The second kappa shape index (κ2) is 9.09. The molecular weight excluding hydrogens is 406 g/mol. The summed E-state index contributed by atoms with van der Waals surface area (Å²) in [7, 11) is -3.67. The smallest absolute Gasteiger partial charge is 0.349 e. The zero-order chi connectivity index (χ0) is 19.3. The molecule has 0 atom stereocenters. The van der Waals surface area contributed by atoms with Gasteiger partial charge in [0.1, 0.15) is 28.7 Å². The molecule has 1 fully saturated rings. The minimum atomic E-state index is -3.67. The van der Waals surface area contributed by atoms with Gasteiger partial charge >= 0.3 is 5.97 Å². The van der Waals surface area contributed by atoms with E-state index in [1.807, 2.05) is 31.2 Å². The average molecular weight is 428 g/mol. The first-order valence-corrected chi connectivity index (χ1v) is 12.0. The van der Waals surface area contributed by atoms with Gasteiger partial charge in [0.05, 0.1) is 0 Å². The summed E-state index contributed by atoms with van der Waals surface area (Å²) in [4.78, 5) is 12.5. The third-order valence-electron chi connectivity index (χ3n) is 3.98. The Hall–Kier alpha value is -1.55. The van der Waals surface area contributed by atoms with Crippen LogP contribution in [-0.4, -0.2) is 56.5 Å². The molecule has 0 N–H and O–H groups in total. The Morgan fingerprint density at radius 1 is 1.19 bits per heavy atom. The molecule has 2 aromatic rings. The molecule has 1 aliphatic heterocycles. The van der Waals surface area contributed by atoms with E-state index in [0.29, 0.717) is 18.8 Å². The van der Waals surface area contributed by atoms with Crippen molar-refractivity contribution in [3.05, 3.63) is 46.2 Å². The quantitative estimate of drug-likeness (QED) is 0.500. The van der Waals surface area contributed by atoms with Crippen LogP contribution in [0.25, 0.3) is 0 Å². The number of benzene rings is 1. The Morgan fingerprint density at radius 2 is 1.96 bits per heavy atom. The molecule has 0 aliphatic carbocycles. The van der Waals surface area contributed by atoms with Crippen molar-refractivity contribution in [2.45, 2.75) is 11.8 Å². The van der Waals surface area contributed by atoms with Crippen LogP contribution in [0.5, 0.6) is 5.75 Å². The van der Waals surface area contributed by atoms with Crippen LogP contribution in [-0.2, 0) is 14.8 Å². The van der Waals surface area contributed by atoms with Crippen molar-refractivity contribution in [1.29, 1.82) is 0 Å². The van der Waals surface area contributed by atoms with Crippen molar-refractivity contribution in [2.75, 3.05) is 37.8 Å². The molecule has 0 unspecified atom stereocenters. The van der Waals surface area contributed by atoms with Gasteiger partial charge in [-0.1, -0.05) is 12.1 Å². The molecule has 9 heteroatoms. The Morgan fingerprint density at radius 3 is 2.70 bits per heavy atom. The fourth-order valence-corrected chi connectivity index (χ4v) is 6.50. The molecule has 0 bridgehead atoms. The predicted octanol–water partition coefficient (Wildman–Crippen LogP) is 3.03. The normalized spacial score (nSPS) is 15.4. The lowest BCUT2D eigenvalue weighted by molar-refractivity contribution is 0.0452. The monoisotopic (exact) mass is 427 g/mol. The minimum Gasteiger partial charge on any atom is -0.490 e. The first-order valence-electron chi connectivity index (χ1n) is 8.50. The van der Waals surface area contributed by atoms with E-state index in [9.17, 15) is 13.2 Å². The van der Waals surface area contributed by atoms with Gasteiger partial charge in [0.15, 0.2) is 0 Å². The van der Waals surface area contributed by atoms with E-state index < -0.39 is 16.0 Å². The number of ether oxygens (including phenoxy) is 2. The van der Waals surface area contributed by atoms with Crippen LogP contribution in [0.3, 0.4) is 0 Å². The summed E-state index contributed by atoms with van der Waals surface area (Å²) in [6, 6.07) is 9.05. The Kier molecular flexibility index (Phi) is 6.80. The molecule has 0 saturated carbocycles. The highest BCUT2D eigenvalue weighted by atomic mass is 32.2. The van der Waals surface area contributed by atoms with Gasteiger partial charge in [-0.05, 0) is 36.1 Å². The molecule has 146 valence electrons. The van der Waals surface area contributed by atoms with E-state index >= 15 is 0 Å². The number of hydrogen-bond acceptors (Lipinski definition) is 7. The summed E-state index contributed by atoms with van der Waals surface area (Å²) in [6.07, 6.45) is 0. The minimum absolute atomic E-state index is 0.0315. The van der Waals surface area contributed by atoms with Crippen LogP contribution >= 0.6 is 23.1 Å². The third-order valence-corrected chi connectivity index (χ3v) is 7.88. The van der Waals surface area contributed by atoms with Crippen molar-refractivity contribution < 1.29 is 22.7 Å². The van der Waals surface area contributed by atoms with Crippen molar-refractivity contribution >= 4 is 39.1 Å². The number of thioether (sulfide) groups is 1. The van der Waals surface area contributed by atoms with Crippen molar-refractivity contribution in [3.63, 3.8) is 0 Å². The molecule has 3 rings (SSSR count). The molecule has 1 saturated heterocycles. The topological polar surface area (TPSA) is 72.9 Å². The summed E-state index contributed by atoms with van der Waals surface area (Å²) in [5.41, 5.74) is 1.08. The van der Waals surface area contributed by atoms with Crippen LogP contribution in [0, 0.1) is 6.92 Å². The van der Waals surface area contributed by atoms with Gasteiger partial charge in [-0.15, -0.1) is 11.3 Å². The SMILES string of the molecule is Cc1cccc(OCCOC(=O)c2sccc2S(=O)(=O)N2CCSCC2)c1. The van der Waals surface area contributed by atoms with Crippen molar-refractivity contribution in [3.8, 4) is 5.75 Å². The molecule has 1 aromatic heterocycles. The average Bonchev–Trinajstić information content (AvgIpc) is 3.17. The van der Waals surface area contributed by atoms with Gasteiger partial charge < -0.3 is 9.47 Å². The standard InChI is InChI=1S/C18H21NO5S3/c1-14-3-2-4-15(13-14)23-8-9-24-18(20)17-16(5-10-26-17)27(21,22)19-6-11-25-12-7-19/h2-5,10,13H,6-9,11-12H2,1H3. The van der Waals surface area contributed by atoms with Crippen LogP contribution in [0.15, 0.2) is 40.6 Å². The van der Waals surface area contributed by atoms with Gasteiger partial charge in [-0.3, -0.25) is 0 Å². The van der Waals surface area contributed by atoms with E-state index in [-0.39, 0.29) is 23.0 Å². The van der Waals surface area contributed by atoms with Crippen LogP contribution in [0.2, 0.25) is 0 Å². The number of sulfonamides is 1. The fraction of sp³-hybridized carbons (Fsp3) is 0.389. The zero-order valence-corrected chi connectivity index (χ0v) is 17.4. The Bertz CT molecular complexity index is 888. The number of esters is 1. The maximum atomic E-state index is 12.8. The van der Waals surface area contributed by atoms with Crippen LogP contribution in [0.4, 0.5) is 0 Å². The maximum Gasteiger partial charge on any atom is 0.349 e. The van der Waals surface area contributed by atoms with Crippen molar-refractivity contribution in [2.24, 2.45) is 0 Å². The molecule has 27 heavy (non-hydrogen) atoms. The number of carbonyl (C=O) groups is 1. The summed E-state index contributed by atoms with van der Waals surface area (Å²) >= 11 is 2.80. The van der Waals surface area contributed by atoms with Gasteiger partial charge in [0.2, 0.25) is 10.0 Å². The second-order valence-corrected chi connectivity index (χ2v) is 9.98. The van der Waals surface area contributed by atoms with E-state index in [0.717, 1.165) is 28.4 Å². The number of rotatable bonds is 7. The van der Waals surface area contributed by atoms with Crippen LogP contribution < -0.4 is 4.74 Å². The van der Waals surface area contributed by atoms with E-state index in [4.69, 9.17) is 9.47 Å².